The summed E-state index contributed by atoms with van der Waals surface area (Å²) < 4.78 is 10.7. The van der Waals surface area contributed by atoms with Crippen molar-refractivity contribution in [3.63, 3.8) is 0 Å². The summed E-state index contributed by atoms with van der Waals surface area (Å²) in [5.41, 5.74) is 2.16. The third-order valence-electron chi connectivity index (χ3n) is 3.49. The molecule has 138 valence electrons. The minimum Gasteiger partial charge on any atom is -0.493 e. The summed E-state index contributed by atoms with van der Waals surface area (Å²) in [4.78, 5) is 0. The Bertz CT molecular complexity index is 668. The molecular formula is C18H22Cl3NO3. The molecule has 0 aliphatic carbocycles. The maximum absolute atomic E-state index is 8.83. The van der Waals surface area contributed by atoms with Gasteiger partial charge in [-0.25, -0.2) is 0 Å². The second-order valence-electron chi connectivity index (χ2n) is 5.22. The summed E-state index contributed by atoms with van der Waals surface area (Å²) in [5, 5.41) is 13.5. The molecular weight excluding hydrogens is 385 g/mol. The number of rotatable bonds is 9. The normalized spacial score (nSPS) is 10.2. The number of methoxy groups -OCH3 is 1. The molecule has 0 aliphatic rings. The molecule has 0 saturated heterocycles. The summed E-state index contributed by atoms with van der Waals surface area (Å²) >= 11 is 12.1. The number of hydrogen-bond donors (Lipinski definition) is 2. The maximum Gasteiger partial charge on any atom is 0.161 e. The van der Waals surface area contributed by atoms with Gasteiger partial charge in [-0.3, -0.25) is 0 Å². The molecule has 4 nitrogen and oxygen atoms in total. The molecule has 0 aliphatic heterocycles. The summed E-state index contributed by atoms with van der Waals surface area (Å²) in [6, 6.07) is 11.3. The third-order valence-corrected chi connectivity index (χ3v) is 4.08. The zero-order valence-corrected chi connectivity index (χ0v) is 16.3. The molecule has 0 fully saturated rings. The van der Waals surface area contributed by atoms with Gasteiger partial charge < -0.3 is 19.9 Å². The highest BCUT2D eigenvalue weighted by atomic mass is 35.5. The molecule has 0 spiro atoms. The van der Waals surface area contributed by atoms with Gasteiger partial charge >= 0.3 is 0 Å². The van der Waals surface area contributed by atoms with Crippen LogP contribution in [0.3, 0.4) is 0 Å². The van der Waals surface area contributed by atoms with E-state index in [1.807, 2.05) is 30.3 Å². The van der Waals surface area contributed by atoms with Crippen LogP contribution in [0.4, 0.5) is 0 Å². The first kappa shape index (κ1) is 21.9. The zero-order valence-electron chi connectivity index (χ0n) is 13.9. The van der Waals surface area contributed by atoms with E-state index in [2.05, 4.69) is 5.32 Å². The van der Waals surface area contributed by atoms with Crippen LogP contribution in [-0.2, 0) is 13.0 Å². The van der Waals surface area contributed by atoms with E-state index < -0.39 is 0 Å². The average Bonchev–Trinajstić information content (AvgIpc) is 2.58. The van der Waals surface area contributed by atoms with Gasteiger partial charge in [0.05, 0.1) is 13.7 Å². The van der Waals surface area contributed by atoms with E-state index >= 15 is 0 Å². The monoisotopic (exact) mass is 405 g/mol. The second kappa shape index (κ2) is 11.4. The molecule has 0 amide bonds. The Balaban J connectivity index is 0.00000312. The van der Waals surface area contributed by atoms with E-state index in [4.69, 9.17) is 37.8 Å². The molecule has 2 aromatic rings. The Morgan fingerprint density at radius 1 is 1.08 bits per heavy atom. The summed E-state index contributed by atoms with van der Waals surface area (Å²) in [6.07, 6.45) is 0.824. The number of aliphatic hydroxyl groups excluding tert-OH is 1. The summed E-state index contributed by atoms with van der Waals surface area (Å²) in [7, 11) is 1.60. The number of halogens is 3. The number of benzene rings is 2. The molecule has 0 bridgehead atoms. The minimum absolute atomic E-state index is 0. The first-order valence-corrected chi connectivity index (χ1v) is 8.45. The van der Waals surface area contributed by atoms with Gasteiger partial charge in [0.25, 0.3) is 0 Å². The molecule has 0 unspecified atom stereocenters. The van der Waals surface area contributed by atoms with Crippen LogP contribution in [0.5, 0.6) is 11.5 Å². The van der Waals surface area contributed by atoms with E-state index in [1.165, 1.54) is 0 Å². The van der Waals surface area contributed by atoms with E-state index in [1.54, 1.807) is 13.2 Å². The SMILES string of the molecule is COc1cc(CNCCc2ccc(Cl)cc2Cl)ccc1OCCO.Cl. The summed E-state index contributed by atoms with van der Waals surface area (Å²) in [5.74, 6) is 1.28. The molecule has 0 heterocycles. The third kappa shape index (κ3) is 6.92. The van der Waals surface area contributed by atoms with E-state index in [9.17, 15) is 0 Å². The van der Waals surface area contributed by atoms with Gasteiger partial charge in [0.15, 0.2) is 11.5 Å². The van der Waals surface area contributed by atoms with E-state index in [-0.39, 0.29) is 25.6 Å². The fourth-order valence-electron chi connectivity index (χ4n) is 2.28. The van der Waals surface area contributed by atoms with Crippen molar-refractivity contribution in [3.05, 3.63) is 57.6 Å². The van der Waals surface area contributed by atoms with Crippen LogP contribution in [0.25, 0.3) is 0 Å². The molecule has 7 heteroatoms. The number of hydrogen-bond acceptors (Lipinski definition) is 4. The lowest BCUT2D eigenvalue weighted by Gasteiger charge is -2.12. The number of ether oxygens (including phenoxy) is 2. The highest BCUT2D eigenvalue weighted by molar-refractivity contribution is 6.35. The molecule has 0 radical (unpaired) electrons. The minimum atomic E-state index is -0.0281. The Morgan fingerprint density at radius 2 is 1.88 bits per heavy atom. The molecule has 2 rings (SSSR count). The van der Waals surface area contributed by atoms with Crippen molar-refractivity contribution < 1.29 is 14.6 Å². The smallest absolute Gasteiger partial charge is 0.161 e. The van der Waals surface area contributed by atoms with Crippen molar-refractivity contribution in [1.29, 1.82) is 0 Å². The van der Waals surface area contributed by atoms with Crippen LogP contribution in [0.1, 0.15) is 11.1 Å². The molecule has 0 atom stereocenters. The Kier molecular flexibility index (Phi) is 10.0. The van der Waals surface area contributed by atoms with Gasteiger partial charge in [-0.05, 0) is 48.4 Å². The largest absolute Gasteiger partial charge is 0.493 e. The average molecular weight is 407 g/mol. The van der Waals surface area contributed by atoms with Gasteiger partial charge in [-0.1, -0.05) is 35.3 Å². The van der Waals surface area contributed by atoms with Crippen LogP contribution >= 0.6 is 35.6 Å². The first-order chi connectivity index (χ1) is 11.6. The second-order valence-corrected chi connectivity index (χ2v) is 6.06. The lowest BCUT2D eigenvalue weighted by atomic mass is 10.1. The van der Waals surface area contributed by atoms with Gasteiger partial charge in [-0.15, -0.1) is 12.4 Å². The maximum atomic E-state index is 8.83. The van der Waals surface area contributed by atoms with Crippen LogP contribution < -0.4 is 14.8 Å². The molecule has 2 aromatic carbocycles. The van der Waals surface area contributed by atoms with Gasteiger partial charge in [0, 0.05) is 16.6 Å². The van der Waals surface area contributed by atoms with Crippen LogP contribution in [-0.4, -0.2) is 32.0 Å². The van der Waals surface area contributed by atoms with E-state index in [0.717, 1.165) is 24.1 Å². The van der Waals surface area contributed by atoms with Crippen molar-refractivity contribution in [2.45, 2.75) is 13.0 Å². The molecule has 2 N–H and O–H groups in total. The fourth-order valence-corrected chi connectivity index (χ4v) is 2.78. The van der Waals surface area contributed by atoms with E-state index in [0.29, 0.717) is 28.1 Å². The van der Waals surface area contributed by atoms with Crippen molar-refractivity contribution >= 4 is 35.6 Å². The van der Waals surface area contributed by atoms with Crippen molar-refractivity contribution in [1.82, 2.24) is 5.32 Å². The van der Waals surface area contributed by atoms with Gasteiger partial charge in [0.2, 0.25) is 0 Å². The first-order valence-electron chi connectivity index (χ1n) is 7.69. The van der Waals surface area contributed by atoms with Crippen molar-refractivity contribution in [2.75, 3.05) is 26.9 Å². The van der Waals surface area contributed by atoms with Crippen molar-refractivity contribution in [2.24, 2.45) is 0 Å². The molecule has 0 saturated carbocycles. The Hall–Kier alpha value is -1.17. The molecule has 0 aromatic heterocycles. The fraction of sp³-hybridized carbons (Fsp3) is 0.333. The number of aliphatic hydroxyl groups is 1. The lowest BCUT2D eigenvalue weighted by molar-refractivity contribution is 0.196. The predicted octanol–water partition coefficient (Wildman–Crippen LogP) is 4.13. The predicted molar refractivity (Wildman–Crippen MR) is 105 cm³/mol. The zero-order chi connectivity index (χ0) is 17.4. The lowest BCUT2D eigenvalue weighted by Crippen LogP contribution is -2.17. The van der Waals surface area contributed by atoms with Gasteiger partial charge in [0.1, 0.15) is 6.61 Å². The van der Waals surface area contributed by atoms with Crippen LogP contribution in [0, 0.1) is 0 Å². The van der Waals surface area contributed by atoms with Crippen LogP contribution in [0.15, 0.2) is 36.4 Å². The Morgan fingerprint density at radius 3 is 2.56 bits per heavy atom. The summed E-state index contributed by atoms with van der Waals surface area (Å²) in [6.45, 7) is 1.73. The van der Waals surface area contributed by atoms with Crippen molar-refractivity contribution in [3.8, 4) is 11.5 Å². The highest BCUT2D eigenvalue weighted by Gasteiger charge is 2.06. The topological polar surface area (TPSA) is 50.7 Å². The highest BCUT2D eigenvalue weighted by Crippen LogP contribution is 2.28. The standard InChI is InChI=1S/C18H21Cl2NO3.ClH/c1-23-18-10-13(2-5-17(18)24-9-8-22)12-21-7-6-14-3-4-15(19)11-16(14)20;/h2-5,10-11,21-22H,6-9,12H2,1H3;1H. The van der Waals surface area contributed by atoms with Gasteiger partial charge in [-0.2, -0.15) is 0 Å². The quantitative estimate of drug-likeness (QED) is 0.615. The Labute approximate surface area is 164 Å². The van der Waals surface area contributed by atoms with Crippen LogP contribution in [0.2, 0.25) is 10.0 Å². The molecule has 25 heavy (non-hydrogen) atoms. The number of nitrogens with one attached hydrogen (secondary N) is 1.